The number of benzene rings is 3. The molecule has 3 rings (SSSR count). The molecule has 0 aliphatic heterocycles. The van der Waals surface area contributed by atoms with E-state index in [4.69, 9.17) is 4.74 Å². The molecule has 0 aromatic heterocycles. The second kappa shape index (κ2) is 12.5. The smallest absolute Gasteiger partial charge is 0.339 e. The first-order chi connectivity index (χ1) is 16.4. The third-order valence-corrected chi connectivity index (χ3v) is 5.68. The fraction of sp³-hybridized carbons (Fsp3) is 0.160. The molecule has 0 saturated heterocycles. The topological polar surface area (TPSA) is 84.5 Å². The van der Waals surface area contributed by atoms with Gasteiger partial charge in [0, 0.05) is 18.0 Å². The first-order valence-electron chi connectivity index (χ1n) is 10.3. The van der Waals surface area contributed by atoms with Crippen LogP contribution in [-0.2, 0) is 27.4 Å². The maximum Gasteiger partial charge on any atom is 0.339 e. The maximum absolute atomic E-state index is 13.0. The van der Waals surface area contributed by atoms with Gasteiger partial charge < -0.3 is 15.4 Å². The summed E-state index contributed by atoms with van der Waals surface area (Å²) >= 11 is 1.16. The van der Waals surface area contributed by atoms with Crippen molar-refractivity contribution in [1.29, 1.82) is 0 Å². The van der Waals surface area contributed by atoms with Gasteiger partial charge >= 0.3 is 5.97 Å². The molecule has 9 heteroatoms. The molecule has 2 N–H and O–H groups in total. The summed E-state index contributed by atoms with van der Waals surface area (Å²) in [5.41, 5.74) is 1.71. The number of carbonyl (C=O) groups excluding carboxylic acids is 3. The molecule has 0 saturated carbocycles. The molecule has 3 aromatic carbocycles. The molecule has 0 aliphatic carbocycles. The Kier molecular flexibility index (Phi) is 9.16. The maximum atomic E-state index is 13.0. The molecule has 0 spiro atoms. The minimum atomic E-state index is -0.688. The van der Waals surface area contributed by atoms with Crippen LogP contribution >= 0.6 is 11.8 Å². The molecule has 176 valence electrons. The number of halogens is 2. The van der Waals surface area contributed by atoms with Gasteiger partial charge in [-0.1, -0.05) is 36.4 Å². The largest absolute Gasteiger partial charge is 0.452 e. The molecule has 0 fully saturated rings. The first kappa shape index (κ1) is 24.9. The minimum Gasteiger partial charge on any atom is -0.452 e. The lowest BCUT2D eigenvalue weighted by molar-refractivity contribution is -0.124. The molecule has 0 bridgehead atoms. The van der Waals surface area contributed by atoms with Crippen LogP contribution in [0.15, 0.2) is 77.7 Å². The summed E-state index contributed by atoms with van der Waals surface area (Å²) in [6.07, 6.45) is 0. The van der Waals surface area contributed by atoms with E-state index in [0.717, 1.165) is 17.3 Å². The number of hydrogen-bond acceptors (Lipinski definition) is 5. The van der Waals surface area contributed by atoms with Crippen molar-refractivity contribution in [3.63, 3.8) is 0 Å². The van der Waals surface area contributed by atoms with E-state index in [9.17, 15) is 23.2 Å². The Hall–Kier alpha value is -3.72. The summed E-state index contributed by atoms with van der Waals surface area (Å²) in [6, 6.07) is 18.1. The number of hydrogen-bond donors (Lipinski definition) is 2. The number of amides is 2. The number of ether oxygens (including phenoxy) is 1. The molecule has 0 atom stereocenters. The molecule has 0 heterocycles. The van der Waals surface area contributed by atoms with E-state index >= 15 is 0 Å². The fourth-order valence-electron chi connectivity index (χ4n) is 2.82. The molecule has 34 heavy (non-hydrogen) atoms. The van der Waals surface area contributed by atoms with Crippen molar-refractivity contribution in [3.05, 3.63) is 101 Å². The summed E-state index contributed by atoms with van der Waals surface area (Å²) in [6.45, 7) is -0.0380. The first-order valence-corrected chi connectivity index (χ1v) is 11.3. The standard InChI is InChI=1S/C25H22F2N2O4S/c26-19-9-5-17(6-10-19)13-28-23(30)15-33-25(32)21-3-1-2-4-22(21)34-16-24(31)29-14-18-7-11-20(27)12-8-18/h1-12H,13-16H2,(H,28,30)(H,29,31). The van der Waals surface area contributed by atoms with Crippen molar-refractivity contribution in [2.45, 2.75) is 18.0 Å². The molecule has 0 unspecified atom stereocenters. The van der Waals surface area contributed by atoms with Gasteiger partial charge in [0.1, 0.15) is 11.6 Å². The molecule has 6 nitrogen and oxygen atoms in total. The van der Waals surface area contributed by atoms with Gasteiger partial charge in [-0.25, -0.2) is 13.6 Å². The normalized spacial score (nSPS) is 10.4. The number of nitrogens with one attached hydrogen (secondary N) is 2. The van der Waals surface area contributed by atoms with Crippen molar-refractivity contribution >= 4 is 29.5 Å². The van der Waals surface area contributed by atoms with E-state index < -0.39 is 18.5 Å². The highest BCUT2D eigenvalue weighted by atomic mass is 32.2. The Bertz CT molecular complexity index is 1140. The molecule has 3 aromatic rings. The average molecular weight is 485 g/mol. The quantitative estimate of drug-likeness (QED) is 0.337. The van der Waals surface area contributed by atoms with Crippen LogP contribution in [0.25, 0.3) is 0 Å². The fourth-order valence-corrected chi connectivity index (χ4v) is 3.69. The number of carbonyl (C=O) groups is 3. The summed E-state index contributed by atoms with van der Waals surface area (Å²) in [4.78, 5) is 37.2. The van der Waals surface area contributed by atoms with Gasteiger partial charge in [-0.15, -0.1) is 11.8 Å². The molecular weight excluding hydrogens is 462 g/mol. The Balaban J connectivity index is 1.45. The second-order valence-corrected chi connectivity index (χ2v) is 8.18. The average Bonchev–Trinajstić information content (AvgIpc) is 2.85. The summed E-state index contributed by atoms with van der Waals surface area (Å²) in [5, 5.41) is 5.33. The Morgan fingerprint density at radius 3 is 1.85 bits per heavy atom. The Morgan fingerprint density at radius 1 is 0.735 bits per heavy atom. The SMILES string of the molecule is O=C(COC(=O)c1ccccc1SCC(=O)NCc1ccc(F)cc1)NCc1ccc(F)cc1. The lowest BCUT2D eigenvalue weighted by atomic mass is 10.2. The van der Waals surface area contributed by atoms with Gasteiger partial charge in [0.2, 0.25) is 5.91 Å². The van der Waals surface area contributed by atoms with Gasteiger partial charge in [0.15, 0.2) is 6.61 Å². The predicted octanol–water partition coefficient (Wildman–Crippen LogP) is 3.85. The van der Waals surface area contributed by atoms with Gasteiger partial charge in [0.05, 0.1) is 11.3 Å². The van der Waals surface area contributed by atoms with E-state index in [-0.39, 0.29) is 41.9 Å². The van der Waals surface area contributed by atoms with Crippen molar-refractivity contribution in [1.82, 2.24) is 10.6 Å². The van der Waals surface area contributed by atoms with Crippen molar-refractivity contribution in [2.75, 3.05) is 12.4 Å². The van der Waals surface area contributed by atoms with Gasteiger partial charge in [-0.2, -0.15) is 0 Å². The zero-order valence-corrected chi connectivity index (χ0v) is 18.9. The Labute approximate surface area is 199 Å². The van der Waals surface area contributed by atoms with Crippen LogP contribution in [0.4, 0.5) is 8.78 Å². The highest BCUT2D eigenvalue weighted by Crippen LogP contribution is 2.23. The van der Waals surface area contributed by atoms with Crippen LogP contribution in [-0.4, -0.2) is 30.1 Å². The van der Waals surface area contributed by atoms with Crippen LogP contribution < -0.4 is 10.6 Å². The summed E-state index contributed by atoms with van der Waals surface area (Å²) < 4.78 is 31.0. The van der Waals surface area contributed by atoms with Crippen molar-refractivity contribution < 1.29 is 27.9 Å². The summed E-state index contributed by atoms with van der Waals surface area (Å²) in [7, 11) is 0. The molecule has 2 amide bonds. The number of thioether (sulfide) groups is 1. The van der Waals surface area contributed by atoms with Crippen LogP contribution in [0.1, 0.15) is 21.5 Å². The lowest BCUT2D eigenvalue weighted by Gasteiger charge is -2.10. The van der Waals surface area contributed by atoms with E-state index in [1.807, 2.05) is 0 Å². The highest BCUT2D eigenvalue weighted by Gasteiger charge is 2.15. The van der Waals surface area contributed by atoms with Gasteiger partial charge in [-0.3, -0.25) is 9.59 Å². The van der Waals surface area contributed by atoms with Crippen LogP contribution in [0, 0.1) is 11.6 Å². The zero-order valence-electron chi connectivity index (χ0n) is 18.1. The molecular formula is C25H22F2N2O4S. The molecule has 0 aliphatic rings. The van der Waals surface area contributed by atoms with E-state index in [1.165, 1.54) is 24.3 Å². The van der Waals surface area contributed by atoms with E-state index in [1.54, 1.807) is 48.5 Å². The highest BCUT2D eigenvalue weighted by molar-refractivity contribution is 8.00. The minimum absolute atomic E-state index is 0.0592. The Morgan fingerprint density at radius 2 is 1.26 bits per heavy atom. The van der Waals surface area contributed by atoms with Gasteiger partial charge in [-0.05, 0) is 47.5 Å². The number of rotatable bonds is 10. The van der Waals surface area contributed by atoms with Crippen LogP contribution in [0.5, 0.6) is 0 Å². The van der Waals surface area contributed by atoms with E-state index in [2.05, 4.69) is 10.6 Å². The van der Waals surface area contributed by atoms with Crippen molar-refractivity contribution in [3.8, 4) is 0 Å². The van der Waals surface area contributed by atoms with Crippen LogP contribution in [0.3, 0.4) is 0 Å². The summed E-state index contributed by atoms with van der Waals surface area (Å²) in [5.74, 6) is -2.10. The third-order valence-electron chi connectivity index (χ3n) is 4.61. The third kappa shape index (κ3) is 8.00. The van der Waals surface area contributed by atoms with Crippen LogP contribution in [0.2, 0.25) is 0 Å². The predicted molar refractivity (Wildman–Crippen MR) is 124 cm³/mol. The second-order valence-electron chi connectivity index (χ2n) is 7.17. The zero-order chi connectivity index (χ0) is 24.3. The van der Waals surface area contributed by atoms with Gasteiger partial charge in [0.25, 0.3) is 5.91 Å². The van der Waals surface area contributed by atoms with Crippen molar-refractivity contribution in [2.24, 2.45) is 0 Å². The number of esters is 1. The lowest BCUT2D eigenvalue weighted by Crippen LogP contribution is -2.28. The monoisotopic (exact) mass is 484 g/mol. The van der Waals surface area contributed by atoms with E-state index in [0.29, 0.717) is 10.5 Å². The molecule has 0 radical (unpaired) electrons.